The predicted molar refractivity (Wildman–Crippen MR) is 79.5 cm³/mol. The summed E-state index contributed by atoms with van der Waals surface area (Å²) in [6.07, 6.45) is 8.33. The van der Waals surface area contributed by atoms with Crippen molar-refractivity contribution < 1.29 is 0 Å². The molecule has 0 saturated heterocycles. The molecule has 0 fully saturated rings. The van der Waals surface area contributed by atoms with Crippen LogP contribution in [0.2, 0.25) is 5.02 Å². The Balaban J connectivity index is 2.96. The summed E-state index contributed by atoms with van der Waals surface area (Å²) in [4.78, 5) is 12.0. The number of rotatable bonds is 6. The first-order valence-electron chi connectivity index (χ1n) is 6.45. The molecule has 1 atom stereocenters. The summed E-state index contributed by atoms with van der Waals surface area (Å²) in [5, 5.41) is 7.47. The monoisotopic (exact) mass is 281 g/mol. The van der Waals surface area contributed by atoms with Gasteiger partial charge in [0.1, 0.15) is 5.02 Å². The van der Waals surface area contributed by atoms with Gasteiger partial charge >= 0.3 is 0 Å². The summed E-state index contributed by atoms with van der Waals surface area (Å²) in [6, 6.07) is 0.102. The van der Waals surface area contributed by atoms with Gasteiger partial charge in [0.25, 0.3) is 5.56 Å². The first kappa shape index (κ1) is 15.6. The lowest BCUT2D eigenvalue weighted by atomic mass is 10.1. The zero-order chi connectivity index (χ0) is 14.4. The van der Waals surface area contributed by atoms with Crippen LogP contribution in [0.5, 0.6) is 0 Å². The highest BCUT2D eigenvalue weighted by atomic mass is 35.5. The van der Waals surface area contributed by atoms with E-state index in [4.69, 9.17) is 18.0 Å². The van der Waals surface area contributed by atoms with Gasteiger partial charge in [-0.1, -0.05) is 32.4 Å². The fourth-order valence-corrected chi connectivity index (χ4v) is 1.90. The Morgan fingerprint density at radius 1 is 1.58 bits per heavy atom. The third-order valence-corrected chi connectivity index (χ3v) is 3.10. The number of hydrogen-bond acceptors (Lipinski definition) is 3. The average molecular weight is 282 g/mol. The maximum absolute atomic E-state index is 12.0. The second-order valence-electron chi connectivity index (χ2n) is 4.91. The van der Waals surface area contributed by atoms with E-state index >= 15 is 0 Å². The van der Waals surface area contributed by atoms with Gasteiger partial charge in [-0.3, -0.25) is 4.79 Å². The zero-order valence-corrected chi connectivity index (χ0v) is 12.4. The van der Waals surface area contributed by atoms with Crippen LogP contribution in [0.15, 0.2) is 11.0 Å². The van der Waals surface area contributed by atoms with Crippen LogP contribution < -0.4 is 10.9 Å². The molecule has 0 aliphatic carbocycles. The summed E-state index contributed by atoms with van der Waals surface area (Å²) in [5.41, 5.74) is 0.282. The molecule has 0 radical (unpaired) electrons. The third-order valence-electron chi connectivity index (χ3n) is 2.74. The smallest absolute Gasteiger partial charge is 0.287 e. The van der Waals surface area contributed by atoms with Gasteiger partial charge in [-0.25, -0.2) is 4.68 Å². The van der Waals surface area contributed by atoms with Gasteiger partial charge in [0.05, 0.1) is 11.9 Å². The molecule has 4 nitrogen and oxygen atoms in total. The lowest BCUT2D eigenvalue weighted by molar-refractivity contribution is 0.464. The molecule has 104 valence electrons. The van der Waals surface area contributed by atoms with E-state index in [1.165, 1.54) is 4.68 Å². The Kier molecular flexibility index (Phi) is 5.91. The Labute approximate surface area is 119 Å². The van der Waals surface area contributed by atoms with Gasteiger partial charge in [-0.15, -0.1) is 12.3 Å². The second-order valence-corrected chi connectivity index (χ2v) is 5.29. The van der Waals surface area contributed by atoms with Crippen LogP contribution in [-0.2, 0) is 6.54 Å². The number of nitrogens with zero attached hydrogens (tertiary/aromatic N) is 2. The molecular weight excluding hydrogens is 262 g/mol. The molecule has 0 spiro atoms. The maximum atomic E-state index is 12.0. The van der Waals surface area contributed by atoms with E-state index < -0.39 is 0 Å². The Bertz CT molecular complexity index is 516. The lowest BCUT2D eigenvalue weighted by Crippen LogP contribution is -2.27. The van der Waals surface area contributed by atoms with E-state index in [-0.39, 0.29) is 16.6 Å². The maximum Gasteiger partial charge on any atom is 0.287 e. The van der Waals surface area contributed by atoms with Crippen molar-refractivity contribution in [3.05, 3.63) is 21.6 Å². The number of halogens is 1. The highest BCUT2D eigenvalue weighted by Gasteiger charge is 2.13. The molecule has 0 bridgehead atoms. The quantitative estimate of drug-likeness (QED) is 0.816. The van der Waals surface area contributed by atoms with Crippen LogP contribution in [0.25, 0.3) is 0 Å². The van der Waals surface area contributed by atoms with Crippen molar-refractivity contribution >= 4 is 17.3 Å². The van der Waals surface area contributed by atoms with Crippen molar-refractivity contribution in [1.29, 1.82) is 0 Å². The van der Waals surface area contributed by atoms with Crippen molar-refractivity contribution in [3.63, 3.8) is 0 Å². The van der Waals surface area contributed by atoms with Gasteiger partial charge in [0, 0.05) is 19.0 Å². The van der Waals surface area contributed by atoms with Gasteiger partial charge in [-0.2, -0.15) is 5.10 Å². The number of terminal acetylenes is 1. The summed E-state index contributed by atoms with van der Waals surface area (Å²) in [7, 11) is 0. The highest BCUT2D eigenvalue weighted by molar-refractivity contribution is 6.32. The Morgan fingerprint density at radius 3 is 2.79 bits per heavy atom. The van der Waals surface area contributed by atoms with Crippen molar-refractivity contribution in [2.45, 2.75) is 46.2 Å². The molecule has 5 heteroatoms. The average Bonchev–Trinajstić information content (AvgIpc) is 2.37. The zero-order valence-electron chi connectivity index (χ0n) is 11.6. The predicted octanol–water partition coefficient (Wildman–Crippen LogP) is 2.77. The largest absolute Gasteiger partial charge is 0.379 e. The first-order chi connectivity index (χ1) is 8.99. The van der Waals surface area contributed by atoms with Crippen LogP contribution in [0.4, 0.5) is 5.69 Å². The van der Waals surface area contributed by atoms with E-state index in [2.05, 4.69) is 16.3 Å². The molecule has 0 amide bonds. The van der Waals surface area contributed by atoms with Gasteiger partial charge in [0.15, 0.2) is 0 Å². The van der Waals surface area contributed by atoms with E-state index in [0.29, 0.717) is 24.6 Å². The third kappa shape index (κ3) is 4.29. The molecule has 1 rings (SSSR count). The van der Waals surface area contributed by atoms with Gasteiger partial charge in [-0.05, 0) is 12.3 Å². The van der Waals surface area contributed by atoms with E-state index in [1.54, 1.807) is 6.20 Å². The summed E-state index contributed by atoms with van der Waals surface area (Å²) in [6.45, 7) is 6.62. The van der Waals surface area contributed by atoms with Crippen LogP contribution >= 0.6 is 11.6 Å². The molecule has 1 aromatic rings. The second kappa shape index (κ2) is 7.20. The topological polar surface area (TPSA) is 46.9 Å². The minimum atomic E-state index is -0.268. The molecule has 0 aromatic carbocycles. The number of nitrogens with one attached hydrogen (secondary N) is 1. The molecule has 1 unspecified atom stereocenters. The van der Waals surface area contributed by atoms with E-state index in [9.17, 15) is 4.79 Å². The van der Waals surface area contributed by atoms with Crippen LogP contribution in [-0.4, -0.2) is 15.8 Å². The molecule has 0 aliphatic rings. The van der Waals surface area contributed by atoms with Crippen molar-refractivity contribution in [1.82, 2.24) is 9.78 Å². The minimum absolute atomic E-state index is 0.102. The fourth-order valence-electron chi connectivity index (χ4n) is 1.70. The lowest BCUT2D eigenvalue weighted by Gasteiger charge is -2.17. The molecule has 0 saturated carbocycles. The number of anilines is 1. The molecule has 1 heterocycles. The number of hydrogen-bond donors (Lipinski definition) is 1. The van der Waals surface area contributed by atoms with E-state index in [1.807, 2.05) is 20.8 Å². The molecular formula is C14H20ClN3O. The molecule has 0 aliphatic heterocycles. The van der Waals surface area contributed by atoms with Crippen LogP contribution in [0, 0.1) is 18.3 Å². The normalized spacial score (nSPS) is 12.2. The minimum Gasteiger partial charge on any atom is -0.379 e. The summed E-state index contributed by atoms with van der Waals surface area (Å²) < 4.78 is 1.39. The molecule has 1 N–H and O–H groups in total. The van der Waals surface area contributed by atoms with Crippen molar-refractivity contribution in [2.24, 2.45) is 5.92 Å². The SMILES string of the molecule is C#CCC(CC)Nc1cnn(CC(C)C)c(=O)c1Cl. The molecule has 19 heavy (non-hydrogen) atoms. The Morgan fingerprint density at radius 2 is 2.26 bits per heavy atom. The summed E-state index contributed by atoms with van der Waals surface area (Å²) >= 11 is 6.10. The first-order valence-corrected chi connectivity index (χ1v) is 6.83. The van der Waals surface area contributed by atoms with Crippen LogP contribution in [0.3, 0.4) is 0 Å². The Hall–Kier alpha value is -1.47. The highest BCUT2D eigenvalue weighted by Crippen LogP contribution is 2.18. The van der Waals surface area contributed by atoms with Crippen molar-refractivity contribution in [2.75, 3.05) is 5.32 Å². The van der Waals surface area contributed by atoms with Crippen molar-refractivity contribution in [3.8, 4) is 12.3 Å². The van der Waals surface area contributed by atoms with Crippen LogP contribution in [0.1, 0.15) is 33.6 Å². The summed E-state index contributed by atoms with van der Waals surface area (Å²) in [5.74, 6) is 2.94. The molecule has 1 aromatic heterocycles. The van der Waals surface area contributed by atoms with E-state index in [0.717, 1.165) is 6.42 Å². The fraction of sp³-hybridized carbons (Fsp3) is 0.571. The number of aromatic nitrogens is 2. The van der Waals surface area contributed by atoms with Gasteiger partial charge in [0.2, 0.25) is 0 Å². The standard InChI is InChI=1S/C14H20ClN3O/c1-5-7-11(6-2)17-12-8-16-18(9-10(3)4)14(19)13(12)15/h1,8,10-11,17H,6-7,9H2,2-4H3. The van der Waals surface area contributed by atoms with Gasteiger partial charge < -0.3 is 5.32 Å².